The van der Waals surface area contributed by atoms with E-state index >= 15 is 0 Å². The number of hydrogen-bond acceptors (Lipinski definition) is 8. The molecule has 2 aromatic heterocycles. The second kappa shape index (κ2) is 8.11. The van der Waals surface area contributed by atoms with Crippen LogP contribution in [0, 0.1) is 0 Å². The summed E-state index contributed by atoms with van der Waals surface area (Å²) in [7, 11) is 0. The molecule has 0 aliphatic rings. The zero-order valence-electron chi connectivity index (χ0n) is 12.5. The van der Waals surface area contributed by atoms with Gasteiger partial charge in [0, 0.05) is 29.1 Å². The van der Waals surface area contributed by atoms with Crippen LogP contribution in [0.4, 0.5) is 0 Å². The van der Waals surface area contributed by atoms with E-state index in [1.165, 1.54) is 24.5 Å². The van der Waals surface area contributed by atoms with Crippen molar-refractivity contribution in [1.82, 2.24) is 15.4 Å². The van der Waals surface area contributed by atoms with Crippen LogP contribution in [0.3, 0.4) is 0 Å². The molecule has 9 nitrogen and oxygen atoms in total. The van der Waals surface area contributed by atoms with Gasteiger partial charge in [-0.25, -0.2) is 10.4 Å². The lowest BCUT2D eigenvalue weighted by atomic mass is 10.0. The van der Waals surface area contributed by atoms with Crippen LogP contribution in [0.1, 0.15) is 32.9 Å². The second-order valence-electron chi connectivity index (χ2n) is 4.66. The lowest BCUT2D eigenvalue weighted by molar-refractivity contribution is 0.0955. The van der Waals surface area contributed by atoms with Crippen LogP contribution in [-0.4, -0.2) is 42.5 Å². The number of hydrogen-bond donors (Lipinski definition) is 5. The number of rotatable bonds is 6. The molecule has 2 aromatic rings. The molecule has 2 heterocycles. The van der Waals surface area contributed by atoms with Crippen molar-refractivity contribution in [2.24, 2.45) is 5.10 Å². The van der Waals surface area contributed by atoms with Gasteiger partial charge in [0.2, 0.25) is 0 Å². The van der Waals surface area contributed by atoms with E-state index in [2.05, 4.69) is 20.5 Å². The summed E-state index contributed by atoms with van der Waals surface area (Å²) in [5, 5.41) is 41.7. The van der Waals surface area contributed by atoms with Gasteiger partial charge in [-0.15, -0.1) is 0 Å². The quantitative estimate of drug-likeness (QED) is 0.351. The Bertz CT molecular complexity index is 749. The van der Waals surface area contributed by atoms with Gasteiger partial charge in [-0.3, -0.25) is 9.78 Å². The highest BCUT2D eigenvalue weighted by molar-refractivity contribution is 5.94. The Kier molecular flexibility index (Phi) is 5.90. The summed E-state index contributed by atoms with van der Waals surface area (Å²) in [6.07, 6.45) is 4.00. The molecule has 0 fully saturated rings. The van der Waals surface area contributed by atoms with E-state index < -0.39 is 25.7 Å². The molecular weight excluding hydrogens is 316 g/mol. The number of amides is 1. The van der Waals surface area contributed by atoms with Crippen molar-refractivity contribution >= 4 is 12.1 Å². The lowest BCUT2D eigenvalue weighted by Gasteiger charge is -2.13. The minimum absolute atomic E-state index is 0.0402. The van der Waals surface area contributed by atoms with Gasteiger partial charge in [-0.05, 0) is 12.1 Å². The Morgan fingerprint density at radius 1 is 1.12 bits per heavy atom. The van der Waals surface area contributed by atoms with E-state index in [1.54, 1.807) is 0 Å². The first kappa shape index (κ1) is 17.5. The van der Waals surface area contributed by atoms with Crippen LogP contribution in [0.25, 0.3) is 0 Å². The summed E-state index contributed by atoms with van der Waals surface area (Å²) in [6, 6.07) is 3.01. The number of hydrazone groups is 1. The van der Waals surface area contributed by atoms with Crippen LogP contribution in [0.15, 0.2) is 29.6 Å². The van der Waals surface area contributed by atoms with E-state index in [-0.39, 0.29) is 28.3 Å². The minimum Gasteiger partial charge on any atom is -0.505 e. The number of aromatic nitrogens is 2. The normalized spacial score (nSPS) is 11.0. The summed E-state index contributed by atoms with van der Waals surface area (Å²) >= 11 is 0. The molecule has 1 amide bonds. The van der Waals surface area contributed by atoms with Gasteiger partial charge in [-0.1, -0.05) is 0 Å². The summed E-state index contributed by atoms with van der Waals surface area (Å²) in [5.41, 5.74) is 2.83. The van der Waals surface area contributed by atoms with E-state index in [4.69, 9.17) is 0 Å². The maximum Gasteiger partial charge on any atom is 0.271 e. The first-order valence-electron chi connectivity index (χ1n) is 6.92. The third-order valence-electron chi connectivity index (χ3n) is 3.26. The van der Waals surface area contributed by atoms with Gasteiger partial charge in [0.1, 0.15) is 11.4 Å². The zero-order valence-corrected chi connectivity index (χ0v) is 12.5. The standard InChI is InChI=1S/C15H16N4O5/c20-6-10-11(7-21)14(23)12(18-13(10)8-22)5-17-19-15(24)9-1-3-16-4-2-9/h1-5,20-23H,6-8H2,(H,19,24)/b17-5+. The highest BCUT2D eigenvalue weighted by atomic mass is 16.3. The van der Waals surface area contributed by atoms with Crippen LogP contribution in [0.2, 0.25) is 0 Å². The third kappa shape index (κ3) is 3.71. The molecule has 0 aliphatic heterocycles. The van der Waals surface area contributed by atoms with Gasteiger partial charge >= 0.3 is 0 Å². The van der Waals surface area contributed by atoms with Crippen molar-refractivity contribution in [3.05, 3.63) is 52.6 Å². The number of aliphatic hydroxyl groups excluding tert-OH is 3. The summed E-state index contributed by atoms with van der Waals surface area (Å²) in [4.78, 5) is 19.6. The van der Waals surface area contributed by atoms with Crippen molar-refractivity contribution < 1.29 is 25.2 Å². The molecular formula is C15H16N4O5. The Labute approximate surface area is 137 Å². The van der Waals surface area contributed by atoms with Gasteiger partial charge in [-0.2, -0.15) is 5.10 Å². The summed E-state index contributed by atoms with van der Waals surface area (Å²) in [6.45, 7) is -1.54. The number of pyridine rings is 2. The minimum atomic E-state index is -0.554. The SMILES string of the molecule is O=C(N/N=C/c1nc(CO)c(CO)c(CO)c1O)c1ccncc1. The molecule has 2 rings (SSSR count). The molecule has 0 aromatic carbocycles. The molecule has 5 N–H and O–H groups in total. The Balaban J connectivity index is 2.24. The molecule has 9 heteroatoms. The molecule has 0 radical (unpaired) electrons. The maximum atomic E-state index is 11.8. The molecule has 0 bridgehead atoms. The second-order valence-corrected chi connectivity index (χ2v) is 4.66. The highest BCUT2D eigenvalue weighted by Crippen LogP contribution is 2.26. The summed E-state index contributed by atoms with van der Waals surface area (Å²) < 4.78 is 0. The van der Waals surface area contributed by atoms with Crippen molar-refractivity contribution in [2.75, 3.05) is 0 Å². The number of carbonyl (C=O) groups excluding carboxylic acids is 1. The van der Waals surface area contributed by atoms with Crippen molar-refractivity contribution in [3.8, 4) is 5.75 Å². The predicted molar refractivity (Wildman–Crippen MR) is 83.0 cm³/mol. The van der Waals surface area contributed by atoms with E-state index in [0.29, 0.717) is 5.56 Å². The maximum absolute atomic E-state index is 11.8. The number of carbonyl (C=O) groups is 1. The average molecular weight is 332 g/mol. The Hall–Kier alpha value is -2.88. The molecule has 0 saturated carbocycles. The molecule has 126 valence electrons. The Morgan fingerprint density at radius 2 is 1.79 bits per heavy atom. The molecule has 0 unspecified atom stereocenters. The topological polar surface area (TPSA) is 148 Å². The monoisotopic (exact) mass is 332 g/mol. The van der Waals surface area contributed by atoms with Crippen molar-refractivity contribution in [1.29, 1.82) is 0 Å². The van der Waals surface area contributed by atoms with Crippen LogP contribution < -0.4 is 5.43 Å². The smallest absolute Gasteiger partial charge is 0.271 e. The van der Waals surface area contributed by atoms with Gasteiger partial charge in [0.05, 0.1) is 31.7 Å². The zero-order chi connectivity index (χ0) is 17.5. The third-order valence-corrected chi connectivity index (χ3v) is 3.26. The molecule has 24 heavy (non-hydrogen) atoms. The number of aliphatic hydroxyl groups is 3. The number of nitrogens with zero attached hydrogens (tertiary/aromatic N) is 3. The van der Waals surface area contributed by atoms with Gasteiger partial charge in [0.25, 0.3) is 5.91 Å². The fourth-order valence-corrected chi connectivity index (χ4v) is 2.04. The fraction of sp³-hybridized carbons (Fsp3) is 0.200. The van der Waals surface area contributed by atoms with E-state index in [1.807, 2.05) is 0 Å². The molecule has 0 atom stereocenters. The van der Waals surface area contributed by atoms with Crippen LogP contribution in [-0.2, 0) is 19.8 Å². The molecule has 0 aliphatic carbocycles. The number of nitrogens with one attached hydrogen (secondary N) is 1. The number of aromatic hydroxyl groups is 1. The first-order chi connectivity index (χ1) is 11.6. The Morgan fingerprint density at radius 3 is 2.38 bits per heavy atom. The largest absolute Gasteiger partial charge is 0.505 e. The van der Waals surface area contributed by atoms with Crippen LogP contribution >= 0.6 is 0 Å². The lowest BCUT2D eigenvalue weighted by Crippen LogP contribution is -2.18. The molecule has 0 spiro atoms. The molecule has 0 saturated heterocycles. The van der Waals surface area contributed by atoms with Crippen molar-refractivity contribution in [2.45, 2.75) is 19.8 Å². The summed E-state index contributed by atoms with van der Waals surface area (Å²) in [5.74, 6) is -0.870. The van der Waals surface area contributed by atoms with Crippen LogP contribution in [0.5, 0.6) is 5.75 Å². The van der Waals surface area contributed by atoms with Gasteiger partial charge < -0.3 is 20.4 Å². The average Bonchev–Trinajstić information content (AvgIpc) is 2.62. The highest BCUT2D eigenvalue weighted by Gasteiger charge is 2.17. The van der Waals surface area contributed by atoms with E-state index in [9.17, 15) is 25.2 Å². The predicted octanol–water partition coefficient (Wildman–Crippen LogP) is -0.577. The van der Waals surface area contributed by atoms with E-state index in [0.717, 1.165) is 6.21 Å². The van der Waals surface area contributed by atoms with Gasteiger partial charge in [0.15, 0.2) is 0 Å². The fourth-order valence-electron chi connectivity index (χ4n) is 2.04. The first-order valence-corrected chi connectivity index (χ1v) is 6.92. The van der Waals surface area contributed by atoms with Crippen molar-refractivity contribution in [3.63, 3.8) is 0 Å².